The van der Waals surface area contributed by atoms with E-state index in [1.165, 1.54) is 0 Å². The first-order valence-electron chi connectivity index (χ1n) is 7.66. The summed E-state index contributed by atoms with van der Waals surface area (Å²) in [4.78, 5) is 19.9. The van der Waals surface area contributed by atoms with Gasteiger partial charge < -0.3 is 14.7 Å². The Kier molecular flexibility index (Phi) is 5.09. The molecule has 0 fully saturated rings. The second kappa shape index (κ2) is 6.70. The minimum absolute atomic E-state index is 0.0551. The number of nitrogens with zero attached hydrogens (tertiary/aromatic N) is 3. The number of rotatable bonds is 4. The molecule has 0 aliphatic heterocycles. The van der Waals surface area contributed by atoms with E-state index in [4.69, 9.17) is 4.52 Å². The number of aromatic nitrogens is 2. The summed E-state index contributed by atoms with van der Waals surface area (Å²) in [5, 5.41) is 7.83. The van der Waals surface area contributed by atoms with Gasteiger partial charge in [-0.25, -0.2) is 9.78 Å². The molecule has 126 valence electrons. The highest BCUT2D eigenvalue weighted by atomic mass is 32.1. The van der Waals surface area contributed by atoms with Crippen molar-refractivity contribution in [1.82, 2.24) is 15.0 Å². The molecule has 23 heavy (non-hydrogen) atoms. The summed E-state index contributed by atoms with van der Waals surface area (Å²) in [5.41, 5.74) is 2.30. The Balaban J connectivity index is 2.16. The van der Waals surface area contributed by atoms with Crippen molar-refractivity contribution in [3.63, 3.8) is 0 Å². The highest BCUT2D eigenvalue weighted by Crippen LogP contribution is 2.32. The van der Waals surface area contributed by atoms with Crippen LogP contribution in [0.5, 0.6) is 0 Å². The van der Waals surface area contributed by atoms with Crippen molar-refractivity contribution in [2.24, 2.45) is 0 Å². The normalized spacial score (nSPS) is 12.5. The van der Waals surface area contributed by atoms with Gasteiger partial charge >= 0.3 is 6.03 Å². The predicted octanol–water partition coefficient (Wildman–Crippen LogP) is 4.40. The number of hydrogen-bond donors (Lipinski definition) is 1. The Bertz CT molecular complexity index is 685. The Morgan fingerprint density at radius 1 is 1.22 bits per heavy atom. The minimum atomic E-state index is -0.189. The second-order valence-electron chi connectivity index (χ2n) is 6.07. The van der Waals surface area contributed by atoms with E-state index < -0.39 is 0 Å². The van der Waals surface area contributed by atoms with Gasteiger partial charge in [-0.3, -0.25) is 0 Å². The van der Waals surface area contributed by atoms with Gasteiger partial charge in [-0.2, -0.15) is 0 Å². The summed E-state index contributed by atoms with van der Waals surface area (Å²) in [7, 11) is 1.78. The van der Waals surface area contributed by atoms with Crippen LogP contribution in [0.15, 0.2) is 4.52 Å². The quantitative estimate of drug-likeness (QED) is 0.898. The zero-order valence-electron chi connectivity index (χ0n) is 14.7. The van der Waals surface area contributed by atoms with Crippen molar-refractivity contribution in [1.29, 1.82) is 0 Å². The van der Waals surface area contributed by atoms with Crippen LogP contribution in [0.3, 0.4) is 0 Å². The SMILES string of the molecule is Cc1nc(C(C)C)sc1[C@@H](C)N(C)C(=O)Nc1c(C)noc1C. The summed E-state index contributed by atoms with van der Waals surface area (Å²) >= 11 is 1.67. The van der Waals surface area contributed by atoms with E-state index in [0.29, 0.717) is 23.1 Å². The van der Waals surface area contributed by atoms with Crippen molar-refractivity contribution in [2.75, 3.05) is 12.4 Å². The lowest BCUT2D eigenvalue weighted by atomic mass is 10.2. The molecule has 6 nitrogen and oxygen atoms in total. The first-order chi connectivity index (χ1) is 10.7. The van der Waals surface area contributed by atoms with Crippen molar-refractivity contribution >= 4 is 23.1 Å². The van der Waals surface area contributed by atoms with Gasteiger partial charge in [-0.15, -0.1) is 11.3 Å². The zero-order chi connectivity index (χ0) is 17.3. The van der Waals surface area contributed by atoms with E-state index in [0.717, 1.165) is 15.6 Å². The van der Waals surface area contributed by atoms with E-state index in [1.54, 1.807) is 37.1 Å². The van der Waals surface area contributed by atoms with Gasteiger partial charge in [0.2, 0.25) is 0 Å². The molecule has 2 heterocycles. The number of urea groups is 1. The maximum Gasteiger partial charge on any atom is 0.322 e. The molecule has 2 aromatic heterocycles. The van der Waals surface area contributed by atoms with Crippen LogP contribution in [0.25, 0.3) is 0 Å². The standard InChI is InChI=1S/C16H24N4O2S/c1-8(2)15-17-10(4)14(23-15)11(5)20(7)16(21)18-13-9(3)19-22-12(13)6/h8,11H,1-7H3,(H,18,21)/t11-/m1/s1. The molecule has 0 unspecified atom stereocenters. The molecule has 1 N–H and O–H groups in total. The fraction of sp³-hybridized carbons (Fsp3) is 0.562. The Morgan fingerprint density at radius 2 is 1.87 bits per heavy atom. The molecule has 0 spiro atoms. The molecule has 2 aromatic rings. The highest BCUT2D eigenvalue weighted by molar-refractivity contribution is 7.11. The Labute approximate surface area is 140 Å². The van der Waals surface area contributed by atoms with Crippen LogP contribution in [0, 0.1) is 20.8 Å². The van der Waals surface area contributed by atoms with E-state index >= 15 is 0 Å². The summed E-state index contributed by atoms with van der Waals surface area (Å²) in [5.74, 6) is 0.994. The van der Waals surface area contributed by atoms with Crippen LogP contribution in [0.1, 0.15) is 59.8 Å². The second-order valence-corrected chi connectivity index (χ2v) is 7.13. The fourth-order valence-corrected chi connectivity index (χ4v) is 3.44. The molecule has 2 rings (SSSR count). The molecule has 0 saturated carbocycles. The molecule has 0 bridgehead atoms. The van der Waals surface area contributed by atoms with Gasteiger partial charge in [0.25, 0.3) is 0 Å². The van der Waals surface area contributed by atoms with Crippen LogP contribution in [-0.4, -0.2) is 28.1 Å². The molecular weight excluding hydrogens is 312 g/mol. The fourth-order valence-electron chi connectivity index (χ4n) is 2.27. The van der Waals surface area contributed by atoms with Crippen LogP contribution in [0.4, 0.5) is 10.5 Å². The molecule has 0 aliphatic rings. The monoisotopic (exact) mass is 336 g/mol. The molecule has 2 amide bonds. The van der Waals surface area contributed by atoms with Gasteiger partial charge in [0.15, 0.2) is 5.76 Å². The molecule has 0 radical (unpaired) electrons. The smallest absolute Gasteiger partial charge is 0.322 e. The largest absolute Gasteiger partial charge is 0.359 e. The summed E-state index contributed by atoms with van der Waals surface area (Å²) in [6.07, 6.45) is 0. The Morgan fingerprint density at radius 3 is 2.35 bits per heavy atom. The van der Waals surface area contributed by atoms with Gasteiger partial charge in [0, 0.05) is 17.8 Å². The van der Waals surface area contributed by atoms with E-state index in [1.807, 2.05) is 13.8 Å². The van der Waals surface area contributed by atoms with Crippen molar-refractivity contribution in [2.45, 2.75) is 53.5 Å². The Hall–Kier alpha value is -1.89. The van der Waals surface area contributed by atoms with Crippen LogP contribution >= 0.6 is 11.3 Å². The summed E-state index contributed by atoms with van der Waals surface area (Å²) in [6, 6.07) is -0.244. The molecule has 1 atom stereocenters. The van der Waals surface area contributed by atoms with E-state index in [2.05, 4.69) is 29.3 Å². The molecule has 0 aliphatic carbocycles. The first kappa shape index (κ1) is 17.5. The lowest BCUT2D eigenvalue weighted by Gasteiger charge is -2.24. The lowest BCUT2D eigenvalue weighted by Crippen LogP contribution is -2.33. The average molecular weight is 336 g/mol. The van der Waals surface area contributed by atoms with Crippen molar-refractivity contribution < 1.29 is 9.32 Å². The number of amides is 2. The number of thiazole rings is 1. The summed E-state index contributed by atoms with van der Waals surface area (Å²) < 4.78 is 5.08. The van der Waals surface area contributed by atoms with E-state index in [9.17, 15) is 4.79 Å². The van der Waals surface area contributed by atoms with Gasteiger partial charge in [0.1, 0.15) is 11.4 Å². The van der Waals surface area contributed by atoms with Crippen LogP contribution in [0.2, 0.25) is 0 Å². The third-order valence-corrected chi connectivity index (χ3v) is 5.52. The summed E-state index contributed by atoms with van der Waals surface area (Å²) in [6.45, 7) is 11.8. The lowest BCUT2D eigenvalue weighted by molar-refractivity contribution is 0.209. The third kappa shape index (κ3) is 3.55. The van der Waals surface area contributed by atoms with Gasteiger partial charge in [-0.1, -0.05) is 19.0 Å². The number of nitrogens with one attached hydrogen (secondary N) is 1. The number of anilines is 1. The maximum absolute atomic E-state index is 12.5. The molecular formula is C16H24N4O2S. The molecule has 0 aromatic carbocycles. The van der Waals surface area contributed by atoms with Gasteiger partial charge in [0.05, 0.1) is 16.7 Å². The molecule has 7 heteroatoms. The maximum atomic E-state index is 12.5. The number of carbonyl (C=O) groups is 1. The third-order valence-electron chi connectivity index (χ3n) is 3.89. The number of aryl methyl sites for hydroxylation is 3. The number of hydrogen-bond acceptors (Lipinski definition) is 5. The van der Waals surface area contributed by atoms with Gasteiger partial charge in [-0.05, 0) is 27.7 Å². The van der Waals surface area contributed by atoms with Crippen molar-refractivity contribution in [3.05, 3.63) is 27.0 Å². The predicted molar refractivity (Wildman–Crippen MR) is 92.1 cm³/mol. The molecule has 0 saturated heterocycles. The first-order valence-corrected chi connectivity index (χ1v) is 8.47. The average Bonchev–Trinajstić information content (AvgIpc) is 3.03. The van der Waals surface area contributed by atoms with Crippen LogP contribution < -0.4 is 5.32 Å². The zero-order valence-corrected chi connectivity index (χ0v) is 15.5. The van der Waals surface area contributed by atoms with Crippen molar-refractivity contribution in [3.8, 4) is 0 Å². The highest BCUT2D eigenvalue weighted by Gasteiger charge is 2.24. The van der Waals surface area contributed by atoms with E-state index in [-0.39, 0.29) is 12.1 Å². The number of carbonyl (C=O) groups excluding carboxylic acids is 1. The topological polar surface area (TPSA) is 71.3 Å². The van der Waals surface area contributed by atoms with Crippen LogP contribution in [-0.2, 0) is 0 Å². The minimum Gasteiger partial charge on any atom is -0.359 e.